The molecule has 0 aliphatic carbocycles. The Morgan fingerprint density at radius 3 is 0.810 bits per heavy atom. The zero-order chi connectivity index (χ0) is 45.8. The molecule has 0 saturated carbocycles. The molecule has 368 valence electrons. The maximum absolute atomic E-state index is 12.8. The molecule has 6 nitrogen and oxygen atoms in total. The highest BCUT2D eigenvalue weighted by atomic mass is 16.6. The first-order valence-electron chi connectivity index (χ1n) is 27.5. The number of allylic oxidation sites excluding steroid dienone is 6. The van der Waals surface area contributed by atoms with Gasteiger partial charge >= 0.3 is 17.9 Å². The van der Waals surface area contributed by atoms with Crippen molar-refractivity contribution in [3.05, 3.63) is 36.5 Å². The van der Waals surface area contributed by atoms with Crippen molar-refractivity contribution in [3.63, 3.8) is 0 Å². The summed E-state index contributed by atoms with van der Waals surface area (Å²) in [5.41, 5.74) is 0. The van der Waals surface area contributed by atoms with Crippen LogP contribution in [0.3, 0.4) is 0 Å². The molecule has 0 radical (unpaired) electrons. The van der Waals surface area contributed by atoms with Crippen molar-refractivity contribution in [2.45, 2.75) is 297 Å². The molecule has 0 rings (SSSR count). The van der Waals surface area contributed by atoms with Gasteiger partial charge in [-0.2, -0.15) is 0 Å². The molecule has 0 saturated heterocycles. The third-order valence-electron chi connectivity index (χ3n) is 12.1. The Hall–Kier alpha value is -2.37. The summed E-state index contributed by atoms with van der Waals surface area (Å²) in [6.07, 6.45) is 61.2. The number of esters is 3. The molecule has 1 atom stereocenters. The summed E-state index contributed by atoms with van der Waals surface area (Å²) in [4.78, 5) is 38.0. The van der Waals surface area contributed by atoms with Gasteiger partial charge in [-0.05, 0) is 96.3 Å². The molecule has 0 aliphatic heterocycles. The van der Waals surface area contributed by atoms with Crippen LogP contribution >= 0.6 is 0 Å². The van der Waals surface area contributed by atoms with Crippen LogP contribution in [-0.2, 0) is 28.6 Å². The van der Waals surface area contributed by atoms with E-state index in [1.165, 1.54) is 180 Å². The molecule has 6 heteroatoms. The van der Waals surface area contributed by atoms with Crippen LogP contribution in [0.4, 0.5) is 0 Å². The van der Waals surface area contributed by atoms with Gasteiger partial charge < -0.3 is 14.2 Å². The van der Waals surface area contributed by atoms with E-state index < -0.39 is 6.10 Å². The summed E-state index contributed by atoms with van der Waals surface area (Å²) in [6.45, 7) is 6.62. The van der Waals surface area contributed by atoms with Crippen LogP contribution in [0.2, 0.25) is 0 Å². The highest BCUT2D eigenvalue weighted by Crippen LogP contribution is 2.15. The molecule has 0 aromatic carbocycles. The smallest absolute Gasteiger partial charge is 0.306 e. The lowest BCUT2D eigenvalue weighted by Gasteiger charge is -2.18. The first-order valence-corrected chi connectivity index (χ1v) is 27.5. The number of unbranched alkanes of at least 4 members (excludes halogenated alkanes) is 33. The molecule has 0 heterocycles. The maximum atomic E-state index is 12.8. The van der Waals surface area contributed by atoms with Gasteiger partial charge in [0, 0.05) is 19.3 Å². The number of carbonyl (C=O) groups excluding carboxylic acids is 3. The quantitative estimate of drug-likeness (QED) is 0.0262. The molecule has 0 aromatic heterocycles. The standard InChI is InChI=1S/C57H104O6/c1-4-7-10-13-16-19-22-25-27-28-30-33-35-38-41-44-47-50-56(59)62-53-54(63-57(60)51-48-45-42-39-36-31-24-21-18-15-12-9-6-3)52-61-55(58)49-46-43-40-37-34-32-29-26-23-20-17-14-11-8-5-2/h20-21,23-25,27,54H,4-19,22,26,28-53H2,1-3H3/b23-20-,24-21-,27-25-/t54-/m0/s1. The Bertz CT molecular complexity index is 1060. The largest absolute Gasteiger partial charge is 0.462 e. The van der Waals surface area contributed by atoms with E-state index in [2.05, 4.69) is 57.2 Å². The fourth-order valence-corrected chi connectivity index (χ4v) is 7.90. The SMILES string of the molecule is CCCCCC/C=C\CCCCCCCCCC(=O)OC[C@@H](COC(=O)CCCCCCCCC/C=C\CCCCCCCC)OC(=O)CCCCCCC/C=C\CCCCCC. The van der Waals surface area contributed by atoms with E-state index in [4.69, 9.17) is 14.2 Å². The van der Waals surface area contributed by atoms with Gasteiger partial charge in [-0.1, -0.05) is 211 Å². The van der Waals surface area contributed by atoms with Crippen molar-refractivity contribution in [1.29, 1.82) is 0 Å². The normalized spacial score (nSPS) is 12.2. The lowest BCUT2D eigenvalue weighted by Crippen LogP contribution is -2.30. The Balaban J connectivity index is 4.36. The second kappa shape index (κ2) is 52.3. The van der Waals surface area contributed by atoms with E-state index in [-0.39, 0.29) is 31.1 Å². The van der Waals surface area contributed by atoms with Crippen molar-refractivity contribution in [2.24, 2.45) is 0 Å². The molecule has 0 unspecified atom stereocenters. The number of hydrogen-bond donors (Lipinski definition) is 0. The predicted octanol–water partition coefficient (Wildman–Crippen LogP) is 18.1. The maximum Gasteiger partial charge on any atom is 0.306 e. The van der Waals surface area contributed by atoms with Gasteiger partial charge in [0.1, 0.15) is 13.2 Å². The van der Waals surface area contributed by atoms with E-state index in [1.54, 1.807) is 0 Å². The Morgan fingerprint density at radius 2 is 0.524 bits per heavy atom. The minimum absolute atomic E-state index is 0.0773. The summed E-state index contributed by atoms with van der Waals surface area (Å²) in [6, 6.07) is 0. The Kier molecular flexibility index (Phi) is 50.3. The van der Waals surface area contributed by atoms with E-state index in [1.807, 2.05) is 0 Å². The lowest BCUT2D eigenvalue weighted by atomic mass is 10.1. The van der Waals surface area contributed by atoms with Crippen molar-refractivity contribution in [1.82, 2.24) is 0 Å². The van der Waals surface area contributed by atoms with Crippen LogP contribution in [0, 0.1) is 0 Å². The summed E-state index contributed by atoms with van der Waals surface area (Å²) in [5, 5.41) is 0. The highest BCUT2D eigenvalue weighted by molar-refractivity contribution is 5.71. The van der Waals surface area contributed by atoms with E-state index in [0.717, 1.165) is 70.6 Å². The minimum Gasteiger partial charge on any atom is -0.462 e. The number of rotatable bonds is 50. The van der Waals surface area contributed by atoms with Crippen LogP contribution in [0.25, 0.3) is 0 Å². The Morgan fingerprint density at radius 1 is 0.302 bits per heavy atom. The fourth-order valence-electron chi connectivity index (χ4n) is 7.90. The molecular weight excluding hydrogens is 781 g/mol. The van der Waals surface area contributed by atoms with Gasteiger partial charge in [0.05, 0.1) is 0 Å². The minimum atomic E-state index is -0.777. The molecular formula is C57H104O6. The molecule has 0 amide bonds. The van der Waals surface area contributed by atoms with E-state index in [0.29, 0.717) is 19.3 Å². The van der Waals surface area contributed by atoms with Crippen molar-refractivity contribution < 1.29 is 28.6 Å². The van der Waals surface area contributed by atoms with Crippen molar-refractivity contribution in [2.75, 3.05) is 13.2 Å². The molecule has 0 aromatic rings. The topological polar surface area (TPSA) is 78.9 Å². The van der Waals surface area contributed by atoms with E-state index >= 15 is 0 Å². The van der Waals surface area contributed by atoms with Gasteiger partial charge in [0.15, 0.2) is 6.10 Å². The first-order chi connectivity index (χ1) is 31.0. The van der Waals surface area contributed by atoms with Gasteiger partial charge in [-0.3, -0.25) is 14.4 Å². The predicted molar refractivity (Wildman–Crippen MR) is 270 cm³/mol. The number of hydrogen-bond acceptors (Lipinski definition) is 6. The van der Waals surface area contributed by atoms with Gasteiger partial charge in [-0.15, -0.1) is 0 Å². The van der Waals surface area contributed by atoms with Gasteiger partial charge in [0.2, 0.25) is 0 Å². The summed E-state index contributed by atoms with van der Waals surface area (Å²) < 4.78 is 16.8. The van der Waals surface area contributed by atoms with Gasteiger partial charge in [-0.25, -0.2) is 0 Å². The second-order valence-corrected chi connectivity index (χ2v) is 18.5. The van der Waals surface area contributed by atoms with Crippen molar-refractivity contribution >= 4 is 17.9 Å². The summed E-state index contributed by atoms with van der Waals surface area (Å²) >= 11 is 0. The fraction of sp³-hybridized carbons (Fsp3) is 0.842. The highest BCUT2D eigenvalue weighted by Gasteiger charge is 2.19. The average Bonchev–Trinajstić information content (AvgIpc) is 3.28. The molecule has 0 aliphatic rings. The van der Waals surface area contributed by atoms with E-state index in [9.17, 15) is 14.4 Å². The Labute approximate surface area is 391 Å². The molecule has 0 N–H and O–H groups in total. The summed E-state index contributed by atoms with van der Waals surface area (Å²) in [7, 11) is 0. The molecule has 0 fully saturated rings. The zero-order valence-corrected chi connectivity index (χ0v) is 42.1. The summed E-state index contributed by atoms with van der Waals surface area (Å²) in [5.74, 6) is -0.883. The number of ether oxygens (including phenoxy) is 3. The second-order valence-electron chi connectivity index (χ2n) is 18.5. The monoisotopic (exact) mass is 885 g/mol. The van der Waals surface area contributed by atoms with Crippen LogP contribution in [0.15, 0.2) is 36.5 Å². The molecule has 63 heavy (non-hydrogen) atoms. The molecule has 0 spiro atoms. The third kappa shape index (κ3) is 50.5. The van der Waals surface area contributed by atoms with Crippen molar-refractivity contribution in [3.8, 4) is 0 Å². The van der Waals surface area contributed by atoms with Crippen LogP contribution in [0.1, 0.15) is 290 Å². The van der Waals surface area contributed by atoms with Gasteiger partial charge in [0.25, 0.3) is 0 Å². The zero-order valence-electron chi connectivity index (χ0n) is 42.1. The molecule has 0 bridgehead atoms. The lowest BCUT2D eigenvalue weighted by molar-refractivity contribution is -0.167. The van der Waals surface area contributed by atoms with Crippen LogP contribution in [0.5, 0.6) is 0 Å². The third-order valence-corrected chi connectivity index (χ3v) is 12.1. The number of carbonyl (C=O) groups is 3. The van der Waals surface area contributed by atoms with Crippen LogP contribution in [-0.4, -0.2) is 37.2 Å². The average molecular weight is 885 g/mol. The first kappa shape index (κ1) is 60.6. The van der Waals surface area contributed by atoms with Crippen LogP contribution < -0.4 is 0 Å².